The molecule has 1 aromatic carbocycles. The van der Waals surface area contributed by atoms with E-state index in [0.717, 1.165) is 43.1 Å². The number of amides is 3. The van der Waals surface area contributed by atoms with Crippen molar-refractivity contribution in [3.8, 4) is 5.75 Å². The van der Waals surface area contributed by atoms with Crippen molar-refractivity contribution in [2.75, 3.05) is 27.4 Å². The normalized spacial score (nSPS) is 26.7. The first-order chi connectivity index (χ1) is 16.4. The second-order valence-corrected chi connectivity index (χ2v) is 9.03. The number of carbonyl (C=O) groups excluding carboxylic acids is 3. The summed E-state index contributed by atoms with van der Waals surface area (Å²) in [6.45, 7) is 2.78. The third kappa shape index (κ3) is 4.40. The van der Waals surface area contributed by atoms with Crippen LogP contribution >= 0.6 is 0 Å². The third-order valence-corrected chi connectivity index (χ3v) is 7.11. The largest absolute Gasteiger partial charge is 0.508 e. The first-order valence-electron chi connectivity index (χ1n) is 11.7. The van der Waals surface area contributed by atoms with Gasteiger partial charge >= 0.3 is 6.09 Å². The maximum Gasteiger partial charge on any atom is 0.423 e. The van der Waals surface area contributed by atoms with Gasteiger partial charge in [0.05, 0.1) is 38.3 Å². The number of methoxy groups -OCH3 is 2. The van der Waals surface area contributed by atoms with Crippen LogP contribution in [0.15, 0.2) is 41.0 Å². The molecule has 182 valence electrons. The zero-order valence-electron chi connectivity index (χ0n) is 19.8. The fourth-order valence-corrected chi connectivity index (χ4v) is 5.57. The fourth-order valence-electron chi connectivity index (χ4n) is 5.57. The highest BCUT2D eigenvalue weighted by atomic mass is 16.5. The molecule has 3 amide bonds. The molecule has 8 heteroatoms. The van der Waals surface area contributed by atoms with Gasteiger partial charge in [0.1, 0.15) is 5.75 Å². The van der Waals surface area contributed by atoms with Crippen molar-refractivity contribution in [1.29, 1.82) is 0 Å². The number of hydrogen-bond acceptors (Lipinski definition) is 7. The van der Waals surface area contributed by atoms with Crippen molar-refractivity contribution in [1.82, 2.24) is 4.90 Å². The average molecular weight is 470 g/mol. The highest BCUT2D eigenvalue weighted by Gasteiger charge is 2.58. The number of phenols is 1. The summed E-state index contributed by atoms with van der Waals surface area (Å²) >= 11 is 0. The molecular formula is C26H31NO7. The molecule has 1 aromatic rings. The number of allylic oxidation sites excluding steroid dienone is 1. The van der Waals surface area contributed by atoms with E-state index in [9.17, 15) is 19.5 Å². The molecule has 2 heterocycles. The summed E-state index contributed by atoms with van der Waals surface area (Å²) in [6.07, 6.45) is 3.75. The number of ether oxygens (including phenoxy) is 3. The Bertz CT molecular complexity index is 1040. The van der Waals surface area contributed by atoms with Crippen LogP contribution in [0, 0.1) is 17.8 Å². The minimum absolute atomic E-state index is 0.176. The number of nitrogens with zero attached hydrogens (tertiary/aromatic N) is 1. The molecule has 0 radical (unpaired) electrons. The molecule has 2 fully saturated rings. The van der Waals surface area contributed by atoms with Gasteiger partial charge in [0.25, 0.3) is 0 Å². The monoisotopic (exact) mass is 469 g/mol. The summed E-state index contributed by atoms with van der Waals surface area (Å²) < 4.78 is 16.3. The molecule has 0 unspecified atom stereocenters. The second-order valence-electron chi connectivity index (χ2n) is 9.03. The molecule has 4 atom stereocenters. The molecule has 0 aromatic heterocycles. The van der Waals surface area contributed by atoms with Gasteiger partial charge < -0.3 is 19.3 Å². The number of benzene rings is 1. The molecule has 0 saturated carbocycles. The van der Waals surface area contributed by atoms with Crippen molar-refractivity contribution < 1.29 is 33.7 Å². The first-order valence-corrected chi connectivity index (χ1v) is 11.7. The van der Waals surface area contributed by atoms with Crippen LogP contribution in [0.1, 0.15) is 38.2 Å². The SMILES string of the molecule is CC/C(=C\c1cccc(O)c1)CC[C@H]1OC[C@H]2C1=C(COC)C[C@H]1C(=O)N(C(=O)OC)C(=O)[C@H]12. The predicted octanol–water partition coefficient (Wildman–Crippen LogP) is 3.70. The van der Waals surface area contributed by atoms with Gasteiger partial charge in [-0.15, -0.1) is 0 Å². The van der Waals surface area contributed by atoms with E-state index in [-0.39, 0.29) is 17.8 Å². The number of likely N-dealkylation sites (tertiary alicyclic amines) is 1. The number of carbonyl (C=O) groups is 3. The van der Waals surface area contributed by atoms with Crippen LogP contribution in [-0.4, -0.2) is 61.5 Å². The summed E-state index contributed by atoms with van der Waals surface area (Å²) in [4.78, 5) is 38.7. The van der Waals surface area contributed by atoms with Crippen LogP contribution in [0.4, 0.5) is 4.79 Å². The van der Waals surface area contributed by atoms with E-state index in [0.29, 0.717) is 24.5 Å². The highest BCUT2D eigenvalue weighted by molar-refractivity contribution is 6.16. The number of hydrogen-bond donors (Lipinski definition) is 1. The topological polar surface area (TPSA) is 102 Å². The van der Waals surface area contributed by atoms with Crippen molar-refractivity contribution in [3.05, 3.63) is 46.5 Å². The van der Waals surface area contributed by atoms with Crippen molar-refractivity contribution >= 4 is 24.0 Å². The zero-order valence-corrected chi connectivity index (χ0v) is 19.8. The van der Waals surface area contributed by atoms with Crippen molar-refractivity contribution in [2.24, 2.45) is 17.8 Å². The Kier molecular flexibility index (Phi) is 7.19. The summed E-state index contributed by atoms with van der Waals surface area (Å²) in [5.74, 6) is -2.22. The average Bonchev–Trinajstić information content (AvgIpc) is 3.35. The lowest BCUT2D eigenvalue weighted by Crippen LogP contribution is -2.38. The van der Waals surface area contributed by atoms with E-state index in [1.54, 1.807) is 19.2 Å². The lowest BCUT2D eigenvalue weighted by atomic mass is 9.69. The number of rotatable bonds is 7. The van der Waals surface area contributed by atoms with Gasteiger partial charge in [-0.3, -0.25) is 9.59 Å². The second kappa shape index (κ2) is 10.1. The molecule has 2 aliphatic heterocycles. The van der Waals surface area contributed by atoms with Crippen LogP contribution in [-0.2, 0) is 23.8 Å². The Hall–Kier alpha value is -2.97. The van der Waals surface area contributed by atoms with Crippen LogP contribution in [0.5, 0.6) is 5.75 Å². The van der Waals surface area contributed by atoms with Crippen molar-refractivity contribution in [3.63, 3.8) is 0 Å². The van der Waals surface area contributed by atoms with Gasteiger partial charge in [0.15, 0.2) is 0 Å². The summed E-state index contributed by atoms with van der Waals surface area (Å²) in [5, 5.41) is 9.74. The standard InChI is InChI=1S/C26H31NO7/c1-4-15(10-16-6-5-7-18(28)11-16)8-9-21-22-17(13-32-2)12-19-23(20(22)14-34-21)25(30)27(24(19)29)26(31)33-3/h5-7,10-11,19-21,23,28H,4,8-9,12-14H2,1-3H3/b15-10+/t19-,20+,21-,23-/m1/s1. The molecular weight excluding hydrogens is 438 g/mol. The molecule has 1 N–H and O–H groups in total. The lowest BCUT2D eigenvalue weighted by molar-refractivity contribution is -0.137. The summed E-state index contributed by atoms with van der Waals surface area (Å²) in [6, 6.07) is 7.14. The molecule has 2 saturated heterocycles. The van der Waals surface area contributed by atoms with E-state index in [1.165, 1.54) is 5.57 Å². The van der Waals surface area contributed by atoms with Gasteiger partial charge in [-0.05, 0) is 54.5 Å². The molecule has 34 heavy (non-hydrogen) atoms. The fraction of sp³-hybridized carbons (Fsp3) is 0.500. The van der Waals surface area contributed by atoms with E-state index in [1.807, 2.05) is 12.1 Å². The van der Waals surface area contributed by atoms with Crippen molar-refractivity contribution in [2.45, 2.75) is 38.7 Å². The number of imide groups is 3. The smallest absolute Gasteiger partial charge is 0.423 e. The van der Waals surface area contributed by atoms with Gasteiger partial charge in [0.2, 0.25) is 11.8 Å². The van der Waals surface area contributed by atoms with E-state index in [2.05, 4.69) is 17.7 Å². The molecule has 0 spiro atoms. The van der Waals surface area contributed by atoms with Gasteiger partial charge in [0, 0.05) is 13.0 Å². The Morgan fingerprint density at radius 2 is 2.03 bits per heavy atom. The number of phenolic OH excluding ortho intramolecular Hbond substituents is 1. The summed E-state index contributed by atoms with van der Waals surface area (Å²) in [7, 11) is 2.77. The molecule has 8 nitrogen and oxygen atoms in total. The minimum atomic E-state index is -0.931. The Balaban J connectivity index is 1.56. The first kappa shape index (κ1) is 24.2. The Morgan fingerprint density at radius 3 is 2.71 bits per heavy atom. The van der Waals surface area contributed by atoms with Crippen LogP contribution in [0.2, 0.25) is 0 Å². The van der Waals surface area contributed by atoms with E-state index >= 15 is 0 Å². The van der Waals surface area contributed by atoms with Gasteiger partial charge in [-0.1, -0.05) is 30.7 Å². The highest BCUT2D eigenvalue weighted by Crippen LogP contribution is 2.50. The van der Waals surface area contributed by atoms with Gasteiger partial charge in [-0.25, -0.2) is 4.79 Å². The van der Waals surface area contributed by atoms with E-state index < -0.39 is 29.7 Å². The molecule has 3 aliphatic rings. The predicted molar refractivity (Wildman–Crippen MR) is 124 cm³/mol. The Labute approximate surface area is 199 Å². The maximum absolute atomic E-state index is 13.1. The molecule has 1 aliphatic carbocycles. The quantitative estimate of drug-likeness (QED) is 0.480. The lowest BCUT2D eigenvalue weighted by Gasteiger charge is -2.31. The van der Waals surface area contributed by atoms with Crippen LogP contribution in [0.3, 0.4) is 0 Å². The minimum Gasteiger partial charge on any atom is -0.508 e. The Morgan fingerprint density at radius 1 is 1.24 bits per heavy atom. The van der Waals surface area contributed by atoms with Gasteiger partial charge in [-0.2, -0.15) is 4.90 Å². The van der Waals surface area contributed by atoms with Crippen LogP contribution < -0.4 is 0 Å². The number of fused-ring (bicyclic) bond motifs is 3. The van der Waals surface area contributed by atoms with Crippen LogP contribution in [0.25, 0.3) is 6.08 Å². The molecule has 4 rings (SSSR count). The third-order valence-electron chi connectivity index (χ3n) is 7.11. The number of aromatic hydroxyl groups is 1. The molecule has 0 bridgehead atoms. The maximum atomic E-state index is 13.1. The summed E-state index contributed by atoms with van der Waals surface area (Å²) in [5.41, 5.74) is 4.20. The zero-order chi connectivity index (χ0) is 24.4. The van der Waals surface area contributed by atoms with E-state index in [4.69, 9.17) is 9.47 Å².